The summed E-state index contributed by atoms with van der Waals surface area (Å²) in [7, 11) is 0. The van der Waals surface area contributed by atoms with Gasteiger partial charge in [-0.05, 0) is 103 Å². The van der Waals surface area contributed by atoms with E-state index in [1.54, 1.807) is 0 Å². The molecule has 0 N–H and O–H groups in total. The fraction of sp³-hybridized carbons (Fsp3) is 0.880. The number of esters is 2. The van der Waals surface area contributed by atoms with Crippen LogP contribution in [0.4, 0.5) is 0 Å². The second-order valence-electron chi connectivity index (χ2n) is 17.1. The Kier molecular flexibility index (Phi) is 37.3. The number of carbonyl (C=O) groups is 2. The van der Waals surface area contributed by atoms with Crippen molar-refractivity contribution in [2.75, 3.05) is 26.2 Å². The van der Waals surface area contributed by atoms with Crippen LogP contribution >= 0.6 is 0 Å². The van der Waals surface area contributed by atoms with Gasteiger partial charge in [0.1, 0.15) is 6.10 Å². The molecule has 0 bridgehead atoms. The van der Waals surface area contributed by atoms with Crippen LogP contribution in [0.5, 0.6) is 0 Å². The van der Waals surface area contributed by atoms with Crippen LogP contribution in [0.1, 0.15) is 245 Å². The van der Waals surface area contributed by atoms with Crippen molar-refractivity contribution in [3.8, 4) is 0 Å². The SMILES string of the molecule is CCCCCCCCCOC(=O)CCCCCCCN(CCCCCCCC(=O)OC(CCCCCCCC)CCCCCCCC)CCCn1cccc1C. The van der Waals surface area contributed by atoms with Crippen LogP contribution in [0, 0.1) is 6.92 Å². The summed E-state index contributed by atoms with van der Waals surface area (Å²) >= 11 is 0. The third-order valence-corrected chi connectivity index (χ3v) is 11.7. The number of carbonyl (C=O) groups excluding carboxylic acids is 2. The number of unbranched alkanes of at least 4 members (excludes halogenated alkanes) is 24. The second-order valence-corrected chi connectivity index (χ2v) is 17.1. The molecule has 0 aliphatic rings. The van der Waals surface area contributed by atoms with Gasteiger partial charge in [-0.15, -0.1) is 0 Å². The topological polar surface area (TPSA) is 60.8 Å². The Bertz CT molecular complexity index is 977. The Hall–Kier alpha value is -1.82. The van der Waals surface area contributed by atoms with Gasteiger partial charge in [0.25, 0.3) is 0 Å². The van der Waals surface area contributed by atoms with Crippen molar-refractivity contribution >= 4 is 11.9 Å². The molecule has 0 aliphatic carbocycles. The maximum atomic E-state index is 12.8. The van der Waals surface area contributed by atoms with Crippen molar-refractivity contribution in [1.29, 1.82) is 0 Å². The largest absolute Gasteiger partial charge is 0.466 e. The molecule has 0 amide bonds. The van der Waals surface area contributed by atoms with E-state index < -0.39 is 0 Å². The Morgan fingerprint density at radius 3 is 1.46 bits per heavy atom. The van der Waals surface area contributed by atoms with Crippen molar-refractivity contribution in [3.63, 3.8) is 0 Å². The van der Waals surface area contributed by atoms with E-state index in [0.29, 0.717) is 19.4 Å². The Labute approximate surface area is 348 Å². The molecule has 6 nitrogen and oxygen atoms in total. The van der Waals surface area contributed by atoms with Crippen molar-refractivity contribution in [3.05, 3.63) is 24.0 Å². The summed E-state index contributed by atoms with van der Waals surface area (Å²) in [5.41, 5.74) is 1.34. The first-order valence-electron chi connectivity index (χ1n) is 24.7. The van der Waals surface area contributed by atoms with Gasteiger partial charge in [-0.3, -0.25) is 9.59 Å². The lowest BCUT2D eigenvalue weighted by atomic mass is 10.0. The van der Waals surface area contributed by atoms with Crippen LogP contribution in [0.15, 0.2) is 18.3 Å². The normalized spacial score (nSPS) is 11.6. The summed E-state index contributed by atoms with van der Waals surface area (Å²) in [6, 6.07) is 4.34. The van der Waals surface area contributed by atoms with Gasteiger partial charge in [0.05, 0.1) is 6.61 Å². The van der Waals surface area contributed by atoms with Crippen molar-refractivity contribution in [1.82, 2.24) is 9.47 Å². The summed E-state index contributed by atoms with van der Waals surface area (Å²) in [4.78, 5) is 27.7. The van der Waals surface area contributed by atoms with Gasteiger partial charge in [-0.25, -0.2) is 0 Å². The number of ether oxygens (including phenoxy) is 2. The standard InChI is InChI=1S/C50H94N2O4/c1-5-8-11-14-17-26-33-46-55-49(53)39-29-22-18-24-31-41-51(43-35-45-52-44-34-36-47(52)4)42-32-25-19-23-30-40-50(54)56-48(37-27-20-15-12-9-6-2)38-28-21-16-13-10-7-3/h34,36,44,48H,5-33,35,37-43,45-46H2,1-4H3. The Balaban J connectivity index is 2.28. The van der Waals surface area contributed by atoms with Crippen molar-refractivity contribution < 1.29 is 19.1 Å². The molecule has 6 heteroatoms. The van der Waals surface area contributed by atoms with Crippen LogP contribution in [0.3, 0.4) is 0 Å². The fourth-order valence-corrected chi connectivity index (χ4v) is 7.95. The fourth-order valence-electron chi connectivity index (χ4n) is 7.95. The van der Waals surface area contributed by atoms with Gasteiger partial charge in [0.15, 0.2) is 0 Å². The minimum Gasteiger partial charge on any atom is -0.466 e. The molecule has 0 aromatic carbocycles. The molecule has 0 aliphatic heterocycles. The maximum Gasteiger partial charge on any atom is 0.306 e. The lowest BCUT2D eigenvalue weighted by Gasteiger charge is -2.23. The summed E-state index contributed by atoms with van der Waals surface area (Å²) < 4.78 is 13.9. The highest BCUT2D eigenvalue weighted by Crippen LogP contribution is 2.19. The van der Waals surface area contributed by atoms with Crippen LogP contribution < -0.4 is 0 Å². The molecular weight excluding hydrogens is 693 g/mol. The first-order chi connectivity index (χ1) is 27.5. The molecule has 0 saturated carbocycles. The third kappa shape index (κ3) is 33.2. The van der Waals surface area contributed by atoms with Crippen LogP contribution in [-0.2, 0) is 25.6 Å². The minimum atomic E-state index is -0.00809. The summed E-state index contributed by atoms with van der Waals surface area (Å²) in [6.45, 7) is 14.1. The van der Waals surface area contributed by atoms with E-state index in [-0.39, 0.29) is 18.0 Å². The van der Waals surface area contributed by atoms with E-state index in [1.165, 1.54) is 166 Å². The zero-order valence-electron chi connectivity index (χ0n) is 37.9. The maximum absolute atomic E-state index is 12.8. The van der Waals surface area contributed by atoms with Gasteiger partial charge >= 0.3 is 11.9 Å². The van der Waals surface area contributed by atoms with Gasteiger partial charge in [0, 0.05) is 31.3 Å². The lowest BCUT2D eigenvalue weighted by Crippen LogP contribution is -2.28. The minimum absolute atomic E-state index is 0.00809. The zero-order chi connectivity index (χ0) is 40.6. The molecule has 0 radical (unpaired) electrons. The van der Waals surface area contributed by atoms with E-state index in [2.05, 4.69) is 55.5 Å². The monoisotopic (exact) mass is 787 g/mol. The number of hydrogen-bond acceptors (Lipinski definition) is 5. The molecule has 0 saturated heterocycles. The molecule has 0 unspecified atom stereocenters. The smallest absolute Gasteiger partial charge is 0.306 e. The first-order valence-corrected chi connectivity index (χ1v) is 24.7. The van der Waals surface area contributed by atoms with Gasteiger partial charge in [-0.2, -0.15) is 0 Å². The Morgan fingerprint density at radius 1 is 0.536 bits per heavy atom. The first kappa shape index (κ1) is 52.2. The second kappa shape index (κ2) is 40.0. The average molecular weight is 787 g/mol. The van der Waals surface area contributed by atoms with Crippen LogP contribution in [0.25, 0.3) is 0 Å². The van der Waals surface area contributed by atoms with E-state index in [1.807, 2.05) is 0 Å². The highest BCUT2D eigenvalue weighted by atomic mass is 16.5. The molecule has 1 rings (SSSR count). The quantitative estimate of drug-likeness (QED) is 0.0487. The van der Waals surface area contributed by atoms with Crippen LogP contribution in [0.2, 0.25) is 0 Å². The van der Waals surface area contributed by atoms with Crippen LogP contribution in [-0.4, -0.2) is 53.8 Å². The summed E-state index contributed by atoms with van der Waals surface area (Å²) in [6.07, 6.45) is 42.4. The Morgan fingerprint density at radius 2 is 0.964 bits per heavy atom. The molecule has 1 heterocycles. The molecule has 0 spiro atoms. The molecule has 0 fully saturated rings. The molecule has 1 aromatic heterocycles. The number of aromatic nitrogens is 1. The highest BCUT2D eigenvalue weighted by molar-refractivity contribution is 5.69. The summed E-state index contributed by atoms with van der Waals surface area (Å²) in [5.74, 6) is 0.0288. The summed E-state index contributed by atoms with van der Waals surface area (Å²) in [5, 5.41) is 0. The van der Waals surface area contributed by atoms with Crippen molar-refractivity contribution in [2.45, 2.75) is 259 Å². The molecule has 0 atom stereocenters. The number of hydrogen-bond donors (Lipinski definition) is 0. The number of nitrogens with zero attached hydrogens (tertiary/aromatic N) is 2. The highest BCUT2D eigenvalue weighted by Gasteiger charge is 2.14. The van der Waals surface area contributed by atoms with E-state index in [4.69, 9.17) is 9.47 Å². The zero-order valence-corrected chi connectivity index (χ0v) is 37.9. The average Bonchev–Trinajstić information content (AvgIpc) is 3.61. The molecule has 56 heavy (non-hydrogen) atoms. The predicted molar refractivity (Wildman–Crippen MR) is 240 cm³/mol. The van der Waals surface area contributed by atoms with Crippen molar-refractivity contribution in [2.24, 2.45) is 0 Å². The van der Waals surface area contributed by atoms with Gasteiger partial charge in [-0.1, -0.05) is 162 Å². The molecule has 328 valence electrons. The number of rotatable bonds is 43. The van der Waals surface area contributed by atoms with E-state index >= 15 is 0 Å². The molecular formula is C50H94N2O4. The van der Waals surface area contributed by atoms with E-state index in [9.17, 15) is 9.59 Å². The van der Waals surface area contributed by atoms with Gasteiger partial charge in [0.2, 0.25) is 0 Å². The van der Waals surface area contributed by atoms with Gasteiger partial charge < -0.3 is 18.9 Å². The van der Waals surface area contributed by atoms with E-state index in [0.717, 1.165) is 71.1 Å². The number of aryl methyl sites for hydroxylation is 2. The predicted octanol–water partition coefficient (Wildman–Crippen LogP) is 14.9. The lowest BCUT2D eigenvalue weighted by molar-refractivity contribution is -0.150. The third-order valence-electron chi connectivity index (χ3n) is 11.7. The molecule has 1 aromatic rings.